The molecule has 0 nitrogen and oxygen atoms in total. The largest absolute Gasteiger partial charge is 0.0988 e. The van der Waals surface area contributed by atoms with Gasteiger partial charge in [0.05, 0.1) is 0 Å². The van der Waals surface area contributed by atoms with Gasteiger partial charge in [0.15, 0.2) is 0 Å². The molecule has 0 atom stereocenters. The van der Waals surface area contributed by atoms with Crippen molar-refractivity contribution in [1.82, 2.24) is 0 Å². The van der Waals surface area contributed by atoms with Crippen LogP contribution >= 0.6 is 0 Å². The molecule has 0 rings (SSSR count). The van der Waals surface area contributed by atoms with Gasteiger partial charge in [-0.2, -0.15) is 0 Å². The maximum Gasteiger partial charge on any atom is -0.0285 e. The summed E-state index contributed by atoms with van der Waals surface area (Å²) in [6.45, 7) is 12.0. The Bertz CT molecular complexity index is 109. The molecule has 0 aromatic heterocycles. The van der Waals surface area contributed by atoms with Crippen LogP contribution in [0.1, 0.15) is 33.1 Å². The van der Waals surface area contributed by atoms with Crippen LogP contribution in [-0.4, -0.2) is 0 Å². The summed E-state index contributed by atoms with van der Waals surface area (Å²) >= 11 is 0. The van der Waals surface area contributed by atoms with E-state index in [0.29, 0.717) is 0 Å². The van der Waals surface area contributed by atoms with Crippen molar-refractivity contribution >= 4 is 0 Å². The van der Waals surface area contributed by atoms with E-state index in [-0.39, 0.29) is 0 Å². The third-order valence-corrected chi connectivity index (χ3v) is 1.57. The molecule has 0 fully saturated rings. The fourth-order valence-electron chi connectivity index (χ4n) is 0.839. The quantitative estimate of drug-likeness (QED) is 0.510. The van der Waals surface area contributed by atoms with Crippen LogP contribution in [0.4, 0.5) is 0 Å². The molecule has 0 heterocycles. The molecule has 0 aliphatic carbocycles. The highest BCUT2D eigenvalue weighted by Crippen LogP contribution is 2.10. The van der Waals surface area contributed by atoms with E-state index >= 15 is 0 Å². The van der Waals surface area contributed by atoms with Gasteiger partial charge in [-0.25, -0.2) is 0 Å². The van der Waals surface area contributed by atoms with Crippen LogP contribution in [0.15, 0.2) is 24.8 Å². The second-order valence-electron chi connectivity index (χ2n) is 3.15. The lowest BCUT2D eigenvalue weighted by Crippen LogP contribution is -1.86. The van der Waals surface area contributed by atoms with E-state index < -0.39 is 0 Å². The first-order chi connectivity index (χ1) is 4.66. The Kier molecular flexibility index (Phi) is 5.00. The van der Waals surface area contributed by atoms with Gasteiger partial charge in [-0.15, -0.1) is 0 Å². The Balaban J connectivity index is 3.19. The van der Waals surface area contributed by atoms with Gasteiger partial charge < -0.3 is 0 Å². The Labute approximate surface area is 64.6 Å². The molecule has 0 aliphatic rings. The smallest absolute Gasteiger partial charge is 0.0285 e. The molecule has 0 heteroatoms. The average Bonchev–Trinajstić information content (AvgIpc) is 1.87. The first-order valence-electron chi connectivity index (χ1n) is 3.97. The first kappa shape index (κ1) is 9.48. The Hall–Kier alpha value is -0.520. The number of hydrogen-bond donors (Lipinski definition) is 0. The van der Waals surface area contributed by atoms with Crippen molar-refractivity contribution in [2.75, 3.05) is 0 Å². The summed E-state index contributed by atoms with van der Waals surface area (Å²) in [5.74, 6) is 0.817. The Morgan fingerprint density at radius 3 is 2.50 bits per heavy atom. The molecule has 0 radical (unpaired) electrons. The molecule has 0 N–H and O–H groups in total. The second kappa shape index (κ2) is 5.28. The summed E-state index contributed by atoms with van der Waals surface area (Å²) < 4.78 is 0. The van der Waals surface area contributed by atoms with Crippen molar-refractivity contribution in [3.8, 4) is 0 Å². The van der Waals surface area contributed by atoms with E-state index in [4.69, 9.17) is 0 Å². The van der Waals surface area contributed by atoms with Crippen LogP contribution in [-0.2, 0) is 0 Å². The van der Waals surface area contributed by atoms with Crippen molar-refractivity contribution in [2.45, 2.75) is 33.1 Å². The van der Waals surface area contributed by atoms with Gasteiger partial charge in [-0.1, -0.05) is 45.1 Å². The summed E-state index contributed by atoms with van der Waals surface area (Å²) in [5.41, 5.74) is 1.17. The van der Waals surface area contributed by atoms with Crippen LogP contribution in [0.2, 0.25) is 0 Å². The van der Waals surface area contributed by atoms with Gasteiger partial charge in [0.1, 0.15) is 0 Å². The molecule has 0 saturated carbocycles. The van der Waals surface area contributed by atoms with Crippen LogP contribution in [0.3, 0.4) is 0 Å². The lowest BCUT2D eigenvalue weighted by atomic mass is 10.0. The van der Waals surface area contributed by atoms with E-state index in [9.17, 15) is 0 Å². The Morgan fingerprint density at radius 1 is 1.50 bits per heavy atom. The summed E-state index contributed by atoms with van der Waals surface area (Å²) in [6.07, 6.45) is 5.51. The maximum absolute atomic E-state index is 3.85. The molecule has 0 amide bonds. The van der Waals surface area contributed by atoms with Gasteiger partial charge in [-0.3, -0.25) is 0 Å². The normalized spacial score (nSPS) is 9.90. The summed E-state index contributed by atoms with van der Waals surface area (Å²) in [4.78, 5) is 0. The zero-order valence-electron chi connectivity index (χ0n) is 7.19. The predicted molar refractivity (Wildman–Crippen MR) is 48.0 cm³/mol. The van der Waals surface area contributed by atoms with Crippen LogP contribution in [0.25, 0.3) is 0 Å². The molecule has 10 heavy (non-hydrogen) atoms. The van der Waals surface area contributed by atoms with Crippen molar-refractivity contribution in [3.05, 3.63) is 24.8 Å². The van der Waals surface area contributed by atoms with Crippen molar-refractivity contribution in [1.29, 1.82) is 0 Å². The first-order valence-corrected chi connectivity index (χ1v) is 3.97. The zero-order chi connectivity index (χ0) is 7.98. The minimum Gasteiger partial charge on any atom is -0.0988 e. The summed E-state index contributed by atoms with van der Waals surface area (Å²) in [5, 5.41) is 0. The average molecular weight is 138 g/mol. The van der Waals surface area contributed by atoms with E-state index in [1.54, 1.807) is 0 Å². The number of hydrogen-bond acceptors (Lipinski definition) is 0. The van der Waals surface area contributed by atoms with E-state index in [0.717, 1.165) is 12.3 Å². The summed E-state index contributed by atoms with van der Waals surface area (Å²) in [7, 11) is 0. The van der Waals surface area contributed by atoms with Crippen LogP contribution in [0.5, 0.6) is 0 Å². The molecule has 0 aromatic rings. The molecule has 0 saturated heterocycles. The molecule has 0 bridgehead atoms. The van der Waals surface area contributed by atoms with Gasteiger partial charge in [0.2, 0.25) is 0 Å². The third-order valence-electron chi connectivity index (χ3n) is 1.57. The molecule has 0 aromatic carbocycles. The standard InChI is InChI=1S/C10H18/c1-5-10(4)8-6-7-9(2)3/h5,9H,1,4,6-8H2,2-3H3. The van der Waals surface area contributed by atoms with E-state index in [1.807, 2.05) is 6.08 Å². The lowest BCUT2D eigenvalue weighted by molar-refractivity contribution is 0.557. The highest BCUT2D eigenvalue weighted by atomic mass is 14.0. The highest BCUT2D eigenvalue weighted by Gasteiger charge is 1.93. The molecular weight excluding hydrogens is 120 g/mol. The fourth-order valence-corrected chi connectivity index (χ4v) is 0.839. The highest BCUT2D eigenvalue weighted by molar-refractivity contribution is 5.10. The molecule has 0 unspecified atom stereocenters. The van der Waals surface area contributed by atoms with Crippen LogP contribution in [0, 0.1) is 5.92 Å². The molecular formula is C10H18. The fraction of sp³-hybridized carbons (Fsp3) is 0.600. The van der Waals surface area contributed by atoms with Crippen molar-refractivity contribution in [2.24, 2.45) is 5.92 Å². The third kappa shape index (κ3) is 5.61. The molecule has 0 aliphatic heterocycles. The summed E-state index contributed by atoms with van der Waals surface area (Å²) in [6, 6.07) is 0. The van der Waals surface area contributed by atoms with Gasteiger partial charge in [-0.05, 0) is 18.8 Å². The van der Waals surface area contributed by atoms with E-state index in [2.05, 4.69) is 27.0 Å². The minimum atomic E-state index is 0.817. The predicted octanol–water partition coefficient (Wildman–Crippen LogP) is 3.55. The van der Waals surface area contributed by atoms with Gasteiger partial charge >= 0.3 is 0 Å². The maximum atomic E-state index is 3.85. The minimum absolute atomic E-state index is 0.817. The van der Waals surface area contributed by atoms with E-state index in [1.165, 1.54) is 18.4 Å². The Morgan fingerprint density at radius 2 is 2.10 bits per heavy atom. The van der Waals surface area contributed by atoms with Crippen molar-refractivity contribution < 1.29 is 0 Å². The zero-order valence-corrected chi connectivity index (χ0v) is 7.19. The topological polar surface area (TPSA) is 0 Å². The number of rotatable bonds is 5. The lowest BCUT2D eigenvalue weighted by Gasteiger charge is -2.02. The molecule has 58 valence electrons. The molecule has 0 spiro atoms. The van der Waals surface area contributed by atoms with Gasteiger partial charge in [0, 0.05) is 0 Å². The van der Waals surface area contributed by atoms with Gasteiger partial charge in [0.25, 0.3) is 0 Å². The van der Waals surface area contributed by atoms with Crippen molar-refractivity contribution in [3.63, 3.8) is 0 Å². The monoisotopic (exact) mass is 138 g/mol. The number of allylic oxidation sites excluding steroid dienone is 2. The second-order valence-corrected chi connectivity index (χ2v) is 3.15. The van der Waals surface area contributed by atoms with Crippen LogP contribution < -0.4 is 0 Å². The SMILES string of the molecule is C=CC(=C)CCCC(C)C.